The van der Waals surface area contributed by atoms with E-state index in [0.29, 0.717) is 5.56 Å². The van der Waals surface area contributed by atoms with Crippen molar-refractivity contribution in [2.24, 2.45) is 0 Å². The van der Waals surface area contributed by atoms with Gasteiger partial charge < -0.3 is 15.4 Å². The maximum Gasteiger partial charge on any atom is 0.573 e. The third-order valence-electron chi connectivity index (χ3n) is 3.60. The SMILES string of the molecule is Cc1ccc(NC(=O)CN(C)CC(=O)Nc2ccc(OC(F)(F)F)cc2)c(F)c1. The summed E-state index contributed by atoms with van der Waals surface area (Å²) in [6.07, 6.45) is -4.80. The first-order valence-electron chi connectivity index (χ1n) is 8.42. The zero-order valence-electron chi connectivity index (χ0n) is 15.6. The van der Waals surface area contributed by atoms with Crippen molar-refractivity contribution >= 4 is 23.2 Å². The predicted molar refractivity (Wildman–Crippen MR) is 99.0 cm³/mol. The van der Waals surface area contributed by atoms with Crippen molar-refractivity contribution < 1.29 is 31.9 Å². The molecule has 10 heteroatoms. The van der Waals surface area contributed by atoms with E-state index in [2.05, 4.69) is 15.4 Å². The minimum absolute atomic E-state index is 0.0413. The van der Waals surface area contributed by atoms with Crippen LogP contribution in [0.15, 0.2) is 42.5 Å². The van der Waals surface area contributed by atoms with E-state index in [1.807, 2.05) is 0 Å². The minimum atomic E-state index is -4.80. The Balaban J connectivity index is 1.81. The molecule has 0 aliphatic rings. The van der Waals surface area contributed by atoms with Gasteiger partial charge in [0.25, 0.3) is 0 Å². The molecule has 156 valence electrons. The molecule has 0 radical (unpaired) electrons. The van der Waals surface area contributed by atoms with Crippen LogP contribution in [-0.4, -0.2) is 43.2 Å². The van der Waals surface area contributed by atoms with Crippen LogP contribution in [0.5, 0.6) is 5.75 Å². The third kappa shape index (κ3) is 7.78. The predicted octanol–water partition coefficient (Wildman–Crippen LogP) is 3.54. The molecule has 2 N–H and O–H groups in total. The summed E-state index contributed by atoms with van der Waals surface area (Å²) in [5.74, 6) is -1.95. The largest absolute Gasteiger partial charge is 0.573 e. The van der Waals surface area contributed by atoms with Gasteiger partial charge in [-0.05, 0) is 55.9 Å². The normalized spacial score (nSPS) is 11.3. The van der Waals surface area contributed by atoms with Gasteiger partial charge >= 0.3 is 6.36 Å². The molecule has 29 heavy (non-hydrogen) atoms. The lowest BCUT2D eigenvalue weighted by Gasteiger charge is -2.16. The number of benzene rings is 2. The van der Waals surface area contributed by atoms with Crippen LogP contribution in [0.2, 0.25) is 0 Å². The number of ether oxygens (including phenoxy) is 1. The van der Waals surface area contributed by atoms with Crippen molar-refractivity contribution in [3.05, 3.63) is 53.8 Å². The highest BCUT2D eigenvalue weighted by molar-refractivity contribution is 5.94. The van der Waals surface area contributed by atoms with E-state index in [4.69, 9.17) is 0 Å². The lowest BCUT2D eigenvalue weighted by Crippen LogP contribution is -2.36. The van der Waals surface area contributed by atoms with Crippen LogP contribution in [0.4, 0.5) is 28.9 Å². The average molecular weight is 413 g/mol. The fraction of sp³-hybridized carbons (Fsp3) is 0.263. The van der Waals surface area contributed by atoms with Crippen LogP contribution in [0.25, 0.3) is 0 Å². The zero-order valence-corrected chi connectivity index (χ0v) is 15.6. The van der Waals surface area contributed by atoms with Crippen LogP contribution < -0.4 is 15.4 Å². The average Bonchev–Trinajstić information content (AvgIpc) is 2.57. The van der Waals surface area contributed by atoms with Crippen molar-refractivity contribution in [1.82, 2.24) is 4.90 Å². The molecule has 2 amide bonds. The second-order valence-corrected chi connectivity index (χ2v) is 6.32. The van der Waals surface area contributed by atoms with E-state index >= 15 is 0 Å². The molecule has 6 nitrogen and oxygen atoms in total. The molecule has 0 aliphatic heterocycles. The number of amides is 2. The van der Waals surface area contributed by atoms with Gasteiger partial charge in [0.15, 0.2) is 0 Å². The highest BCUT2D eigenvalue weighted by Crippen LogP contribution is 2.24. The number of hydrogen-bond acceptors (Lipinski definition) is 4. The molecule has 0 atom stereocenters. The Bertz CT molecular complexity index is 870. The van der Waals surface area contributed by atoms with Crippen LogP contribution in [-0.2, 0) is 9.59 Å². The van der Waals surface area contributed by atoms with Gasteiger partial charge in [-0.1, -0.05) is 6.07 Å². The molecule has 0 spiro atoms. The highest BCUT2D eigenvalue weighted by atomic mass is 19.4. The maximum atomic E-state index is 13.8. The highest BCUT2D eigenvalue weighted by Gasteiger charge is 2.30. The Hall–Kier alpha value is -3.14. The van der Waals surface area contributed by atoms with Gasteiger partial charge in [0.2, 0.25) is 11.8 Å². The topological polar surface area (TPSA) is 70.7 Å². The van der Waals surface area contributed by atoms with E-state index < -0.39 is 29.7 Å². The number of carbonyl (C=O) groups is 2. The summed E-state index contributed by atoms with van der Waals surface area (Å²) in [5, 5.41) is 4.92. The van der Waals surface area contributed by atoms with Gasteiger partial charge in [0.05, 0.1) is 18.8 Å². The molecule has 0 unspecified atom stereocenters. The number of hydrogen-bond donors (Lipinski definition) is 2. The summed E-state index contributed by atoms with van der Waals surface area (Å²) in [6, 6.07) is 9.03. The van der Waals surface area contributed by atoms with Crippen molar-refractivity contribution in [3.63, 3.8) is 0 Å². The molecule has 0 saturated carbocycles. The molecule has 2 aromatic carbocycles. The molecule has 0 saturated heterocycles. The number of nitrogens with zero attached hydrogens (tertiary/aromatic N) is 1. The smallest absolute Gasteiger partial charge is 0.406 e. The Morgan fingerprint density at radius 2 is 1.59 bits per heavy atom. The van der Waals surface area contributed by atoms with E-state index in [1.54, 1.807) is 13.0 Å². The summed E-state index contributed by atoms with van der Waals surface area (Å²) in [5.41, 5.74) is 1.02. The van der Waals surface area contributed by atoms with Crippen LogP contribution >= 0.6 is 0 Å². The summed E-state index contributed by atoms with van der Waals surface area (Å²) in [6.45, 7) is 1.39. The molecule has 2 aromatic rings. The first-order valence-corrected chi connectivity index (χ1v) is 8.42. The Morgan fingerprint density at radius 3 is 2.14 bits per heavy atom. The molecule has 0 bridgehead atoms. The molecular formula is C19H19F4N3O3. The van der Waals surface area contributed by atoms with E-state index in [9.17, 15) is 27.2 Å². The summed E-state index contributed by atoms with van der Waals surface area (Å²) in [7, 11) is 1.52. The number of alkyl halides is 3. The van der Waals surface area contributed by atoms with E-state index in [-0.39, 0.29) is 24.5 Å². The molecule has 0 aliphatic carbocycles. The van der Waals surface area contributed by atoms with Gasteiger partial charge in [0, 0.05) is 5.69 Å². The number of carbonyl (C=O) groups excluding carboxylic acids is 2. The molecule has 0 heterocycles. The number of aryl methyl sites for hydroxylation is 1. The summed E-state index contributed by atoms with van der Waals surface area (Å²) >= 11 is 0. The van der Waals surface area contributed by atoms with Gasteiger partial charge in [0.1, 0.15) is 11.6 Å². The molecule has 0 fully saturated rings. The standard InChI is InChI=1S/C19H19F4N3O3/c1-12-3-8-16(15(20)9-12)25-18(28)11-26(2)10-17(27)24-13-4-6-14(7-5-13)29-19(21,22)23/h3-9H,10-11H2,1-2H3,(H,24,27)(H,25,28). The number of halogens is 4. The maximum absolute atomic E-state index is 13.8. The van der Waals surface area contributed by atoms with Crippen molar-refractivity contribution in [2.45, 2.75) is 13.3 Å². The molecule has 2 rings (SSSR count). The minimum Gasteiger partial charge on any atom is -0.406 e. The number of likely N-dealkylation sites (N-methyl/N-ethyl adjacent to an activating group) is 1. The van der Waals surface area contributed by atoms with Gasteiger partial charge in [-0.25, -0.2) is 4.39 Å². The lowest BCUT2D eigenvalue weighted by atomic mass is 10.2. The summed E-state index contributed by atoms with van der Waals surface area (Å²) in [4.78, 5) is 25.4. The fourth-order valence-corrected chi connectivity index (χ4v) is 2.40. The number of rotatable bonds is 7. The first kappa shape index (κ1) is 22.2. The number of anilines is 2. The van der Waals surface area contributed by atoms with Crippen molar-refractivity contribution in [2.75, 3.05) is 30.8 Å². The van der Waals surface area contributed by atoms with Gasteiger partial charge in [-0.2, -0.15) is 0 Å². The monoisotopic (exact) mass is 413 g/mol. The summed E-state index contributed by atoms with van der Waals surface area (Å²) < 4.78 is 53.9. The Labute approximate surface area is 164 Å². The Morgan fingerprint density at radius 1 is 1.00 bits per heavy atom. The first-order chi connectivity index (χ1) is 13.5. The lowest BCUT2D eigenvalue weighted by molar-refractivity contribution is -0.274. The second kappa shape index (κ2) is 9.37. The zero-order chi connectivity index (χ0) is 21.6. The van der Waals surface area contributed by atoms with Crippen molar-refractivity contribution in [1.29, 1.82) is 0 Å². The van der Waals surface area contributed by atoms with Crippen LogP contribution in [0, 0.1) is 12.7 Å². The van der Waals surface area contributed by atoms with Crippen LogP contribution in [0.3, 0.4) is 0 Å². The second-order valence-electron chi connectivity index (χ2n) is 6.32. The van der Waals surface area contributed by atoms with Crippen molar-refractivity contribution in [3.8, 4) is 5.75 Å². The van der Waals surface area contributed by atoms with E-state index in [0.717, 1.165) is 12.1 Å². The van der Waals surface area contributed by atoms with Crippen LogP contribution in [0.1, 0.15) is 5.56 Å². The van der Waals surface area contributed by atoms with Gasteiger partial charge in [-0.15, -0.1) is 13.2 Å². The van der Waals surface area contributed by atoms with Gasteiger partial charge in [-0.3, -0.25) is 14.5 Å². The number of nitrogens with one attached hydrogen (secondary N) is 2. The quantitative estimate of drug-likeness (QED) is 0.682. The molecule has 0 aromatic heterocycles. The van der Waals surface area contributed by atoms with E-state index in [1.165, 1.54) is 36.2 Å². The fourth-order valence-electron chi connectivity index (χ4n) is 2.40. The third-order valence-corrected chi connectivity index (χ3v) is 3.60. The Kier molecular flexibility index (Phi) is 7.16. The molecular weight excluding hydrogens is 394 g/mol.